The van der Waals surface area contributed by atoms with Crippen LogP contribution in [0.3, 0.4) is 0 Å². The van der Waals surface area contributed by atoms with E-state index < -0.39 is 0 Å². The van der Waals surface area contributed by atoms with Crippen LogP contribution in [0.5, 0.6) is 11.5 Å². The van der Waals surface area contributed by atoms with Crippen molar-refractivity contribution in [3.63, 3.8) is 0 Å². The molecule has 0 saturated heterocycles. The number of aryl methyl sites for hydroxylation is 1. The lowest BCUT2D eigenvalue weighted by atomic mass is 10.1. The number of nitrogens with zero attached hydrogens (tertiary/aromatic N) is 4. The number of tetrazole rings is 1. The monoisotopic (exact) mass is 509 g/mol. The molecule has 7 nitrogen and oxygen atoms in total. The number of rotatable bonds is 12. The summed E-state index contributed by atoms with van der Waals surface area (Å²) in [7, 11) is 1.63. The van der Waals surface area contributed by atoms with E-state index in [0.717, 1.165) is 40.7 Å². The highest BCUT2D eigenvalue weighted by Crippen LogP contribution is 2.37. The molecule has 0 saturated carbocycles. The van der Waals surface area contributed by atoms with Gasteiger partial charge in [0.15, 0.2) is 11.5 Å². The fourth-order valence-corrected chi connectivity index (χ4v) is 4.65. The van der Waals surface area contributed by atoms with Gasteiger partial charge in [-0.2, -0.15) is 4.68 Å². The predicted octanol–water partition coefficient (Wildman–Crippen LogP) is 5.48. The molecular formula is C26H28ClN5O2S. The fraction of sp³-hybridized carbons (Fsp3) is 0.269. The van der Waals surface area contributed by atoms with E-state index in [-0.39, 0.29) is 0 Å². The van der Waals surface area contributed by atoms with Crippen molar-refractivity contribution in [1.29, 1.82) is 0 Å². The lowest BCUT2D eigenvalue weighted by molar-refractivity contribution is 0.284. The number of thioether (sulfide) groups is 1. The van der Waals surface area contributed by atoms with Gasteiger partial charge in [0.05, 0.1) is 17.8 Å². The average Bonchev–Trinajstić information content (AvgIpc) is 3.35. The standard InChI is InChI=1S/C26H28ClN5O2S/c1-19-9-6-7-10-21(19)18-34-25-23(27)15-20(16-24(25)33-2)17-28-13-8-14-35-26-29-30-31-32(26)22-11-4-3-5-12-22/h3-7,9-12,15-16,28H,8,13-14,17-18H2,1-2H3. The zero-order valence-corrected chi connectivity index (χ0v) is 21.4. The van der Waals surface area contributed by atoms with Gasteiger partial charge in [-0.15, -0.1) is 5.10 Å². The second kappa shape index (κ2) is 12.6. The van der Waals surface area contributed by atoms with Gasteiger partial charge < -0.3 is 14.8 Å². The molecule has 0 unspecified atom stereocenters. The van der Waals surface area contributed by atoms with E-state index in [1.54, 1.807) is 23.6 Å². The number of methoxy groups -OCH3 is 1. The van der Waals surface area contributed by atoms with Crippen molar-refractivity contribution in [2.24, 2.45) is 0 Å². The highest BCUT2D eigenvalue weighted by molar-refractivity contribution is 7.99. The number of hydrogen-bond donors (Lipinski definition) is 1. The van der Waals surface area contributed by atoms with E-state index >= 15 is 0 Å². The Morgan fingerprint density at radius 3 is 2.66 bits per heavy atom. The van der Waals surface area contributed by atoms with Gasteiger partial charge in [0, 0.05) is 12.3 Å². The molecule has 0 aliphatic carbocycles. The van der Waals surface area contributed by atoms with Gasteiger partial charge in [-0.25, -0.2) is 0 Å². The molecule has 1 N–H and O–H groups in total. The van der Waals surface area contributed by atoms with Crippen molar-refractivity contribution in [1.82, 2.24) is 25.5 Å². The maximum atomic E-state index is 6.55. The smallest absolute Gasteiger partial charge is 0.214 e. The van der Waals surface area contributed by atoms with Gasteiger partial charge in [-0.05, 0) is 71.3 Å². The first-order chi connectivity index (χ1) is 17.2. The fourth-order valence-electron chi connectivity index (χ4n) is 3.53. The number of nitrogens with one attached hydrogen (secondary N) is 1. The van der Waals surface area contributed by atoms with Gasteiger partial charge in [0.25, 0.3) is 0 Å². The Morgan fingerprint density at radius 2 is 1.86 bits per heavy atom. The normalized spacial score (nSPS) is 10.9. The third-order valence-electron chi connectivity index (χ3n) is 5.42. The van der Waals surface area contributed by atoms with Crippen molar-refractivity contribution in [2.45, 2.75) is 31.7 Å². The predicted molar refractivity (Wildman–Crippen MR) is 140 cm³/mol. The quantitative estimate of drug-likeness (QED) is 0.200. The van der Waals surface area contributed by atoms with Crippen molar-refractivity contribution in [2.75, 3.05) is 19.4 Å². The van der Waals surface area contributed by atoms with Crippen LogP contribution in [0.2, 0.25) is 5.02 Å². The molecule has 9 heteroatoms. The summed E-state index contributed by atoms with van der Waals surface area (Å²) >= 11 is 8.19. The lowest BCUT2D eigenvalue weighted by Gasteiger charge is -2.15. The maximum absolute atomic E-state index is 6.55. The summed E-state index contributed by atoms with van der Waals surface area (Å²) in [5.41, 5.74) is 4.29. The molecule has 4 aromatic rings. The van der Waals surface area contributed by atoms with E-state index in [1.165, 1.54) is 5.56 Å². The first kappa shape index (κ1) is 25.0. The molecule has 0 atom stereocenters. The zero-order valence-electron chi connectivity index (χ0n) is 19.8. The summed E-state index contributed by atoms with van der Waals surface area (Å²) in [6.45, 7) is 4.04. The Morgan fingerprint density at radius 1 is 1.06 bits per heavy atom. The summed E-state index contributed by atoms with van der Waals surface area (Å²) < 4.78 is 13.3. The van der Waals surface area contributed by atoms with E-state index in [4.69, 9.17) is 21.1 Å². The van der Waals surface area contributed by atoms with Crippen molar-refractivity contribution >= 4 is 23.4 Å². The number of halogens is 1. The van der Waals surface area contributed by atoms with E-state index in [1.807, 2.05) is 60.7 Å². The van der Waals surface area contributed by atoms with Crippen LogP contribution in [0.1, 0.15) is 23.1 Å². The minimum absolute atomic E-state index is 0.436. The van der Waals surface area contributed by atoms with Crippen molar-refractivity contribution < 1.29 is 9.47 Å². The molecule has 0 fully saturated rings. The van der Waals surface area contributed by atoms with E-state index in [2.05, 4.69) is 33.8 Å². The zero-order chi connectivity index (χ0) is 24.5. The van der Waals surface area contributed by atoms with Gasteiger partial charge in [-0.3, -0.25) is 0 Å². The average molecular weight is 510 g/mol. The largest absolute Gasteiger partial charge is 0.493 e. The topological polar surface area (TPSA) is 74.1 Å². The number of para-hydroxylation sites is 1. The summed E-state index contributed by atoms with van der Waals surface area (Å²) in [5, 5.41) is 16.8. The summed E-state index contributed by atoms with van der Waals surface area (Å²) in [4.78, 5) is 0. The summed E-state index contributed by atoms with van der Waals surface area (Å²) in [5.74, 6) is 2.09. The number of aromatic nitrogens is 4. The minimum atomic E-state index is 0.436. The van der Waals surface area contributed by atoms with Crippen LogP contribution in [0, 0.1) is 6.92 Å². The Hall–Kier alpha value is -3.07. The Labute approximate surface area is 214 Å². The van der Waals surface area contributed by atoms with Crippen LogP contribution in [-0.2, 0) is 13.2 Å². The highest BCUT2D eigenvalue weighted by Gasteiger charge is 2.13. The molecule has 35 heavy (non-hydrogen) atoms. The van der Waals surface area contributed by atoms with Crippen LogP contribution < -0.4 is 14.8 Å². The van der Waals surface area contributed by atoms with Crippen molar-refractivity contribution in [3.8, 4) is 17.2 Å². The van der Waals surface area contributed by atoms with Gasteiger partial charge in [0.2, 0.25) is 5.16 Å². The highest BCUT2D eigenvalue weighted by atomic mass is 35.5. The third-order valence-corrected chi connectivity index (χ3v) is 6.71. The van der Waals surface area contributed by atoms with Crippen LogP contribution >= 0.6 is 23.4 Å². The molecule has 182 valence electrons. The van der Waals surface area contributed by atoms with Crippen molar-refractivity contribution in [3.05, 3.63) is 88.4 Å². The van der Waals surface area contributed by atoms with Crippen LogP contribution in [0.25, 0.3) is 5.69 Å². The van der Waals surface area contributed by atoms with Crippen LogP contribution in [-0.4, -0.2) is 39.6 Å². The number of ether oxygens (including phenoxy) is 2. The Balaban J connectivity index is 1.25. The summed E-state index contributed by atoms with van der Waals surface area (Å²) in [6.07, 6.45) is 0.967. The maximum Gasteiger partial charge on any atom is 0.214 e. The second-order valence-corrected chi connectivity index (χ2v) is 9.38. The number of benzene rings is 3. The van der Waals surface area contributed by atoms with Crippen LogP contribution in [0.15, 0.2) is 71.9 Å². The second-order valence-electron chi connectivity index (χ2n) is 7.91. The molecule has 0 aliphatic rings. The molecule has 1 aromatic heterocycles. The molecule has 0 radical (unpaired) electrons. The minimum Gasteiger partial charge on any atom is -0.493 e. The molecule has 4 rings (SSSR count). The Kier molecular flexibility index (Phi) is 9.00. The first-order valence-electron chi connectivity index (χ1n) is 11.4. The number of hydrogen-bond acceptors (Lipinski definition) is 7. The Bertz CT molecular complexity index is 1240. The molecule has 3 aromatic carbocycles. The van der Waals surface area contributed by atoms with Gasteiger partial charge >= 0.3 is 0 Å². The molecule has 1 heterocycles. The third kappa shape index (κ3) is 6.75. The summed E-state index contributed by atoms with van der Waals surface area (Å²) in [6, 6.07) is 21.9. The van der Waals surface area contributed by atoms with Gasteiger partial charge in [-0.1, -0.05) is 65.8 Å². The SMILES string of the molecule is COc1cc(CNCCCSc2nnnn2-c2ccccc2)cc(Cl)c1OCc1ccccc1C. The van der Waals surface area contributed by atoms with Gasteiger partial charge in [0.1, 0.15) is 6.61 Å². The van der Waals surface area contributed by atoms with E-state index in [9.17, 15) is 0 Å². The van der Waals surface area contributed by atoms with E-state index in [0.29, 0.717) is 29.7 Å². The molecule has 0 bridgehead atoms. The first-order valence-corrected chi connectivity index (χ1v) is 12.7. The molecule has 0 spiro atoms. The molecular weight excluding hydrogens is 482 g/mol. The molecule has 0 amide bonds. The van der Waals surface area contributed by atoms with Crippen LogP contribution in [0.4, 0.5) is 0 Å². The lowest BCUT2D eigenvalue weighted by Crippen LogP contribution is -2.15. The molecule has 0 aliphatic heterocycles.